The van der Waals surface area contributed by atoms with Crippen LogP contribution in [0.2, 0.25) is 0 Å². The molecule has 0 spiro atoms. The summed E-state index contributed by atoms with van der Waals surface area (Å²) in [6.45, 7) is 6.91. The van der Waals surface area contributed by atoms with Crippen LogP contribution in [0, 0.1) is 5.92 Å². The molecule has 0 amide bonds. The largest absolute Gasteiger partial charge is 0.389 e. The van der Waals surface area contributed by atoms with Crippen molar-refractivity contribution in [3.63, 3.8) is 0 Å². The molecule has 0 aliphatic carbocycles. The summed E-state index contributed by atoms with van der Waals surface area (Å²) in [6.07, 6.45) is 3.93. The highest BCUT2D eigenvalue weighted by Crippen LogP contribution is 2.19. The van der Waals surface area contributed by atoms with E-state index < -0.39 is 5.60 Å². The van der Waals surface area contributed by atoms with E-state index in [1.54, 1.807) is 0 Å². The molecule has 0 fully saturated rings. The van der Waals surface area contributed by atoms with Gasteiger partial charge in [0.2, 0.25) is 0 Å². The zero-order chi connectivity index (χ0) is 11.7. The van der Waals surface area contributed by atoms with Gasteiger partial charge in [-0.2, -0.15) is 11.8 Å². The van der Waals surface area contributed by atoms with Crippen molar-refractivity contribution in [1.29, 1.82) is 0 Å². The molecular weight excluding hydrogens is 206 g/mol. The Balaban J connectivity index is 3.45. The molecule has 0 aromatic heterocycles. The predicted octanol–water partition coefficient (Wildman–Crippen LogP) is 2.65. The van der Waals surface area contributed by atoms with Crippen molar-refractivity contribution < 1.29 is 5.11 Å². The van der Waals surface area contributed by atoms with E-state index in [0.29, 0.717) is 6.54 Å². The van der Waals surface area contributed by atoms with Gasteiger partial charge in [0.25, 0.3) is 0 Å². The van der Waals surface area contributed by atoms with Crippen LogP contribution in [-0.2, 0) is 0 Å². The number of hydrogen-bond acceptors (Lipinski definition) is 3. The SMILES string of the molecule is CCC(C)CSCCCC(O)(CC)CN. The average molecular weight is 233 g/mol. The molecule has 3 heteroatoms. The second kappa shape index (κ2) is 8.43. The lowest BCUT2D eigenvalue weighted by atomic mass is 9.95. The summed E-state index contributed by atoms with van der Waals surface area (Å²) >= 11 is 2.00. The van der Waals surface area contributed by atoms with Crippen molar-refractivity contribution in [2.75, 3.05) is 18.1 Å². The first-order chi connectivity index (χ1) is 7.08. The van der Waals surface area contributed by atoms with E-state index in [-0.39, 0.29) is 0 Å². The topological polar surface area (TPSA) is 46.2 Å². The van der Waals surface area contributed by atoms with Gasteiger partial charge in [-0.1, -0.05) is 27.2 Å². The van der Waals surface area contributed by atoms with Gasteiger partial charge in [0, 0.05) is 6.54 Å². The van der Waals surface area contributed by atoms with Crippen LogP contribution in [0.5, 0.6) is 0 Å². The minimum Gasteiger partial charge on any atom is -0.389 e. The van der Waals surface area contributed by atoms with Gasteiger partial charge < -0.3 is 10.8 Å². The highest BCUT2D eigenvalue weighted by molar-refractivity contribution is 7.99. The van der Waals surface area contributed by atoms with Crippen molar-refractivity contribution in [3.8, 4) is 0 Å². The summed E-state index contributed by atoms with van der Waals surface area (Å²) < 4.78 is 0. The van der Waals surface area contributed by atoms with Crippen molar-refractivity contribution in [2.24, 2.45) is 11.7 Å². The van der Waals surface area contributed by atoms with E-state index in [9.17, 15) is 5.11 Å². The van der Waals surface area contributed by atoms with Crippen LogP contribution in [0.1, 0.15) is 46.5 Å². The average Bonchev–Trinajstić information content (AvgIpc) is 2.27. The number of rotatable bonds is 9. The lowest BCUT2D eigenvalue weighted by Crippen LogP contribution is -2.36. The molecule has 0 aromatic carbocycles. The minimum atomic E-state index is -0.614. The van der Waals surface area contributed by atoms with E-state index in [0.717, 1.165) is 30.9 Å². The maximum atomic E-state index is 9.95. The summed E-state index contributed by atoms with van der Waals surface area (Å²) in [5, 5.41) is 9.95. The standard InChI is InChI=1S/C12H27NOS/c1-4-11(3)9-15-8-6-7-12(14,5-2)10-13/h11,14H,4-10,13H2,1-3H3. The van der Waals surface area contributed by atoms with Gasteiger partial charge in [-0.15, -0.1) is 0 Å². The fourth-order valence-corrected chi connectivity index (χ4v) is 2.48. The summed E-state index contributed by atoms with van der Waals surface area (Å²) in [4.78, 5) is 0. The van der Waals surface area contributed by atoms with Gasteiger partial charge in [-0.25, -0.2) is 0 Å². The molecule has 0 heterocycles. The summed E-state index contributed by atoms with van der Waals surface area (Å²) in [7, 11) is 0. The number of hydrogen-bond donors (Lipinski definition) is 2. The van der Waals surface area contributed by atoms with E-state index in [1.165, 1.54) is 12.2 Å². The lowest BCUT2D eigenvalue weighted by Gasteiger charge is -2.24. The molecule has 0 aliphatic heterocycles. The molecule has 0 saturated heterocycles. The molecule has 0 aromatic rings. The molecule has 3 N–H and O–H groups in total. The minimum absolute atomic E-state index is 0.388. The third-order valence-corrected chi connectivity index (χ3v) is 4.45. The molecule has 15 heavy (non-hydrogen) atoms. The van der Waals surface area contributed by atoms with Crippen LogP contribution >= 0.6 is 11.8 Å². The van der Waals surface area contributed by atoms with E-state index >= 15 is 0 Å². The van der Waals surface area contributed by atoms with Crippen LogP contribution in [0.25, 0.3) is 0 Å². The van der Waals surface area contributed by atoms with Gasteiger partial charge >= 0.3 is 0 Å². The summed E-state index contributed by atoms with van der Waals surface area (Å²) in [6, 6.07) is 0. The Morgan fingerprint density at radius 3 is 2.53 bits per heavy atom. The van der Waals surface area contributed by atoms with Crippen molar-refractivity contribution in [2.45, 2.75) is 52.1 Å². The van der Waals surface area contributed by atoms with Crippen LogP contribution < -0.4 is 5.73 Å². The molecule has 0 radical (unpaired) electrons. The maximum absolute atomic E-state index is 9.95. The molecule has 2 atom stereocenters. The van der Waals surface area contributed by atoms with Gasteiger partial charge in [-0.05, 0) is 36.7 Å². The van der Waals surface area contributed by atoms with E-state index in [1.807, 2.05) is 18.7 Å². The Morgan fingerprint density at radius 1 is 1.40 bits per heavy atom. The fourth-order valence-electron chi connectivity index (χ4n) is 1.33. The fraction of sp³-hybridized carbons (Fsp3) is 1.00. The van der Waals surface area contributed by atoms with Crippen LogP contribution in [0.15, 0.2) is 0 Å². The number of aliphatic hydroxyl groups is 1. The molecule has 0 aliphatic rings. The zero-order valence-electron chi connectivity index (χ0n) is 10.5. The van der Waals surface area contributed by atoms with Gasteiger partial charge in [0.05, 0.1) is 5.60 Å². The van der Waals surface area contributed by atoms with Crippen LogP contribution in [0.4, 0.5) is 0 Å². The molecule has 0 saturated carbocycles. The molecular formula is C12H27NOS. The second-order valence-corrected chi connectivity index (χ2v) is 5.62. The zero-order valence-corrected chi connectivity index (χ0v) is 11.3. The Hall–Kier alpha value is 0.270. The molecule has 0 bridgehead atoms. The maximum Gasteiger partial charge on any atom is 0.0767 e. The first-order valence-corrected chi connectivity index (χ1v) is 7.23. The summed E-state index contributed by atoms with van der Waals surface area (Å²) in [5.74, 6) is 3.20. The van der Waals surface area contributed by atoms with E-state index in [4.69, 9.17) is 5.73 Å². The van der Waals surface area contributed by atoms with E-state index in [2.05, 4.69) is 13.8 Å². The monoisotopic (exact) mass is 233 g/mol. The third-order valence-electron chi connectivity index (χ3n) is 3.07. The Kier molecular flexibility index (Phi) is 8.58. The van der Waals surface area contributed by atoms with Gasteiger partial charge in [0.15, 0.2) is 0 Å². The van der Waals surface area contributed by atoms with Crippen molar-refractivity contribution >= 4 is 11.8 Å². The first-order valence-electron chi connectivity index (χ1n) is 6.08. The Morgan fingerprint density at radius 2 is 2.07 bits per heavy atom. The van der Waals surface area contributed by atoms with Gasteiger partial charge in [0.1, 0.15) is 0 Å². The number of thioether (sulfide) groups is 1. The smallest absolute Gasteiger partial charge is 0.0767 e. The third kappa shape index (κ3) is 7.20. The van der Waals surface area contributed by atoms with Crippen molar-refractivity contribution in [3.05, 3.63) is 0 Å². The van der Waals surface area contributed by atoms with Crippen molar-refractivity contribution in [1.82, 2.24) is 0 Å². The quantitative estimate of drug-likeness (QED) is 0.602. The second-order valence-electron chi connectivity index (χ2n) is 4.47. The summed E-state index contributed by atoms with van der Waals surface area (Å²) in [5.41, 5.74) is 4.93. The molecule has 0 rings (SSSR count). The van der Waals surface area contributed by atoms with Gasteiger partial charge in [-0.3, -0.25) is 0 Å². The van der Waals surface area contributed by atoms with Crippen LogP contribution in [-0.4, -0.2) is 28.8 Å². The highest BCUT2D eigenvalue weighted by Gasteiger charge is 2.21. The molecule has 92 valence electrons. The normalized spacial score (nSPS) is 17.4. The Bertz CT molecular complexity index is 149. The number of nitrogens with two attached hydrogens (primary N) is 1. The first kappa shape index (κ1) is 15.3. The van der Waals surface area contributed by atoms with Crippen LogP contribution in [0.3, 0.4) is 0 Å². The lowest BCUT2D eigenvalue weighted by molar-refractivity contribution is 0.0360. The molecule has 2 nitrogen and oxygen atoms in total. The highest BCUT2D eigenvalue weighted by atomic mass is 32.2. The predicted molar refractivity (Wildman–Crippen MR) is 70.3 cm³/mol. The molecule has 2 unspecified atom stereocenters. The Labute approximate surface area is 99.0 Å².